The van der Waals surface area contributed by atoms with Crippen LogP contribution in [0.25, 0.3) is 0 Å². The van der Waals surface area contributed by atoms with Crippen LogP contribution < -0.4 is 10.1 Å². The summed E-state index contributed by atoms with van der Waals surface area (Å²) in [5.41, 5.74) is 2.46. The third kappa shape index (κ3) is 5.52. The summed E-state index contributed by atoms with van der Waals surface area (Å²) in [4.78, 5) is 0. The molecule has 0 aliphatic carbocycles. The summed E-state index contributed by atoms with van der Waals surface area (Å²) in [7, 11) is 0. The van der Waals surface area contributed by atoms with Crippen molar-refractivity contribution >= 4 is 11.6 Å². The van der Waals surface area contributed by atoms with Gasteiger partial charge in [-0.05, 0) is 36.6 Å². The van der Waals surface area contributed by atoms with Gasteiger partial charge in [-0.3, -0.25) is 0 Å². The van der Waals surface area contributed by atoms with E-state index in [0.29, 0.717) is 0 Å². The molecule has 1 aromatic rings. The molecule has 1 N–H and O–H groups in total. The van der Waals surface area contributed by atoms with Gasteiger partial charge in [-0.2, -0.15) is 0 Å². The Morgan fingerprint density at radius 1 is 1.19 bits per heavy atom. The van der Waals surface area contributed by atoms with Gasteiger partial charge in [0.15, 0.2) is 0 Å². The standard InChI is InChI=1S/C18H28ClNO/c1-14(2)7-5-3-4-6-9-20-13-16-12-17(19)11-15-8-10-21-18(15)16/h11-12,14,20H,3-10,13H2,1-2H3. The summed E-state index contributed by atoms with van der Waals surface area (Å²) < 4.78 is 5.72. The summed E-state index contributed by atoms with van der Waals surface area (Å²) >= 11 is 6.17. The van der Waals surface area contributed by atoms with Crippen LogP contribution in [0.1, 0.15) is 57.1 Å². The smallest absolute Gasteiger partial charge is 0.127 e. The normalized spacial score (nSPS) is 13.5. The largest absolute Gasteiger partial charge is 0.493 e. The van der Waals surface area contributed by atoms with E-state index in [9.17, 15) is 0 Å². The van der Waals surface area contributed by atoms with E-state index >= 15 is 0 Å². The van der Waals surface area contributed by atoms with Crippen molar-refractivity contribution in [3.05, 3.63) is 28.3 Å². The Balaban J connectivity index is 1.63. The molecule has 0 aromatic heterocycles. The SMILES string of the molecule is CC(C)CCCCCCNCc1cc(Cl)cc2c1OCC2. The summed E-state index contributed by atoms with van der Waals surface area (Å²) in [6, 6.07) is 4.06. The molecule has 2 nitrogen and oxygen atoms in total. The van der Waals surface area contributed by atoms with Gasteiger partial charge in [0.05, 0.1) is 6.61 Å². The fourth-order valence-corrected chi connectivity index (χ4v) is 3.12. The van der Waals surface area contributed by atoms with Crippen molar-refractivity contribution in [3.8, 4) is 5.75 Å². The van der Waals surface area contributed by atoms with E-state index in [1.54, 1.807) is 0 Å². The van der Waals surface area contributed by atoms with Crippen LogP contribution in [0, 0.1) is 5.92 Å². The lowest BCUT2D eigenvalue weighted by Crippen LogP contribution is -2.15. The highest BCUT2D eigenvalue weighted by Crippen LogP contribution is 2.32. The van der Waals surface area contributed by atoms with Crippen LogP contribution >= 0.6 is 11.6 Å². The number of fused-ring (bicyclic) bond motifs is 1. The van der Waals surface area contributed by atoms with Gasteiger partial charge < -0.3 is 10.1 Å². The molecular weight excluding hydrogens is 282 g/mol. The molecule has 21 heavy (non-hydrogen) atoms. The molecule has 118 valence electrons. The number of ether oxygens (including phenoxy) is 1. The van der Waals surface area contributed by atoms with E-state index in [0.717, 1.165) is 42.8 Å². The first-order valence-corrected chi connectivity index (χ1v) is 8.69. The van der Waals surface area contributed by atoms with Crippen molar-refractivity contribution in [2.45, 2.75) is 58.9 Å². The lowest BCUT2D eigenvalue weighted by Gasteiger charge is -2.10. The van der Waals surface area contributed by atoms with Gasteiger partial charge >= 0.3 is 0 Å². The number of unbranched alkanes of at least 4 members (excludes halogenated alkanes) is 3. The van der Waals surface area contributed by atoms with E-state index < -0.39 is 0 Å². The maximum atomic E-state index is 6.17. The van der Waals surface area contributed by atoms with E-state index in [4.69, 9.17) is 16.3 Å². The van der Waals surface area contributed by atoms with Gasteiger partial charge in [0.1, 0.15) is 5.75 Å². The van der Waals surface area contributed by atoms with Crippen LogP contribution in [0.3, 0.4) is 0 Å². The van der Waals surface area contributed by atoms with E-state index in [1.165, 1.54) is 43.2 Å². The van der Waals surface area contributed by atoms with Crippen LogP contribution in [0.15, 0.2) is 12.1 Å². The van der Waals surface area contributed by atoms with Crippen LogP contribution in [-0.2, 0) is 13.0 Å². The molecule has 0 saturated carbocycles. The maximum absolute atomic E-state index is 6.17. The Hall–Kier alpha value is -0.730. The van der Waals surface area contributed by atoms with Gasteiger partial charge in [-0.25, -0.2) is 0 Å². The molecule has 1 aliphatic heterocycles. The molecule has 0 radical (unpaired) electrons. The van der Waals surface area contributed by atoms with Crippen molar-refractivity contribution < 1.29 is 4.74 Å². The number of hydrogen-bond donors (Lipinski definition) is 1. The second-order valence-corrected chi connectivity index (χ2v) is 6.86. The first-order chi connectivity index (χ1) is 10.2. The molecule has 1 heterocycles. The van der Waals surface area contributed by atoms with Crippen molar-refractivity contribution in [2.24, 2.45) is 5.92 Å². The Labute approximate surface area is 134 Å². The number of hydrogen-bond acceptors (Lipinski definition) is 2. The van der Waals surface area contributed by atoms with Gasteiger partial charge in [-0.15, -0.1) is 0 Å². The minimum atomic E-state index is 0.790. The molecule has 2 rings (SSSR count). The van der Waals surface area contributed by atoms with Crippen LogP contribution in [0.5, 0.6) is 5.75 Å². The maximum Gasteiger partial charge on any atom is 0.127 e. The first kappa shape index (κ1) is 16.6. The predicted molar refractivity (Wildman–Crippen MR) is 90.3 cm³/mol. The van der Waals surface area contributed by atoms with Crippen molar-refractivity contribution in [1.82, 2.24) is 5.32 Å². The Bertz CT molecular complexity index is 445. The predicted octanol–water partition coefficient (Wildman–Crippen LogP) is 4.97. The second kappa shape index (κ2) is 8.65. The number of halogens is 1. The molecule has 0 atom stereocenters. The Morgan fingerprint density at radius 3 is 2.81 bits per heavy atom. The average Bonchev–Trinajstić information content (AvgIpc) is 2.89. The summed E-state index contributed by atoms with van der Waals surface area (Å²) in [6.45, 7) is 7.32. The van der Waals surface area contributed by atoms with E-state index in [2.05, 4.69) is 19.2 Å². The third-order valence-electron chi connectivity index (χ3n) is 4.03. The van der Waals surface area contributed by atoms with Gasteiger partial charge in [0.25, 0.3) is 0 Å². The molecule has 0 bridgehead atoms. The monoisotopic (exact) mass is 309 g/mol. The van der Waals surface area contributed by atoms with E-state index in [1.807, 2.05) is 12.1 Å². The van der Waals surface area contributed by atoms with Gasteiger partial charge in [0.2, 0.25) is 0 Å². The van der Waals surface area contributed by atoms with Crippen LogP contribution in [-0.4, -0.2) is 13.2 Å². The van der Waals surface area contributed by atoms with Crippen molar-refractivity contribution in [1.29, 1.82) is 0 Å². The van der Waals surface area contributed by atoms with Gasteiger partial charge in [-0.1, -0.05) is 51.1 Å². The molecule has 1 aromatic carbocycles. The van der Waals surface area contributed by atoms with Crippen molar-refractivity contribution in [3.63, 3.8) is 0 Å². The fourth-order valence-electron chi connectivity index (χ4n) is 2.86. The molecule has 0 saturated heterocycles. The zero-order chi connectivity index (χ0) is 15.1. The number of benzene rings is 1. The minimum absolute atomic E-state index is 0.790. The number of nitrogens with one attached hydrogen (secondary N) is 1. The number of rotatable bonds is 9. The highest BCUT2D eigenvalue weighted by Gasteiger charge is 2.17. The highest BCUT2D eigenvalue weighted by atomic mass is 35.5. The molecule has 0 spiro atoms. The van der Waals surface area contributed by atoms with Crippen molar-refractivity contribution in [2.75, 3.05) is 13.2 Å². The summed E-state index contributed by atoms with van der Waals surface area (Å²) in [5, 5.41) is 4.34. The highest BCUT2D eigenvalue weighted by molar-refractivity contribution is 6.30. The van der Waals surface area contributed by atoms with Gasteiger partial charge in [0, 0.05) is 23.6 Å². The topological polar surface area (TPSA) is 21.3 Å². The lowest BCUT2D eigenvalue weighted by atomic mass is 10.0. The van der Waals surface area contributed by atoms with Crippen LogP contribution in [0.2, 0.25) is 5.02 Å². The average molecular weight is 310 g/mol. The zero-order valence-corrected chi connectivity index (χ0v) is 14.1. The molecule has 1 aliphatic rings. The Kier molecular flexibility index (Phi) is 6.85. The Morgan fingerprint density at radius 2 is 2.00 bits per heavy atom. The second-order valence-electron chi connectivity index (χ2n) is 6.43. The lowest BCUT2D eigenvalue weighted by molar-refractivity contribution is 0.352. The summed E-state index contributed by atoms with van der Waals surface area (Å²) in [5.74, 6) is 1.90. The third-order valence-corrected chi connectivity index (χ3v) is 4.24. The molecule has 0 fully saturated rings. The van der Waals surface area contributed by atoms with Crippen LogP contribution in [0.4, 0.5) is 0 Å². The molecular formula is C18H28ClNO. The molecule has 0 unspecified atom stereocenters. The van der Waals surface area contributed by atoms with E-state index in [-0.39, 0.29) is 0 Å². The minimum Gasteiger partial charge on any atom is -0.493 e. The fraction of sp³-hybridized carbons (Fsp3) is 0.667. The first-order valence-electron chi connectivity index (χ1n) is 8.31. The summed E-state index contributed by atoms with van der Waals surface area (Å²) in [6.07, 6.45) is 7.65. The quantitative estimate of drug-likeness (QED) is 0.650. The molecule has 0 amide bonds. The molecule has 3 heteroatoms. The zero-order valence-electron chi connectivity index (χ0n) is 13.4.